The normalized spacial score (nSPS) is 10.3. The van der Waals surface area contributed by atoms with Crippen molar-refractivity contribution in [2.75, 3.05) is 6.61 Å². The van der Waals surface area contributed by atoms with Crippen LogP contribution in [0.25, 0.3) is 10.8 Å². The molecule has 0 saturated carbocycles. The fourth-order valence-corrected chi connectivity index (χ4v) is 2.23. The highest BCUT2D eigenvalue weighted by molar-refractivity contribution is 9.10. The Kier molecular flexibility index (Phi) is 3.77. The van der Waals surface area contributed by atoms with Gasteiger partial charge in [-0.25, -0.2) is 0 Å². The first-order valence-electron chi connectivity index (χ1n) is 5.43. The van der Waals surface area contributed by atoms with Crippen LogP contribution in [-0.4, -0.2) is 18.4 Å². The lowest BCUT2D eigenvalue weighted by molar-refractivity contribution is -0.139. The maximum Gasteiger partial charge on any atom is 0.303 e. The van der Waals surface area contributed by atoms with E-state index in [-0.39, 0.29) is 12.4 Å². The average molecular weight is 307 g/mol. The van der Waals surface area contributed by atoms with Crippen molar-refractivity contribution in [3.8, 4) is 0 Å². The monoisotopic (exact) mass is 306 g/mol. The Morgan fingerprint density at radius 2 is 1.78 bits per heavy atom. The van der Waals surface area contributed by atoms with E-state index in [1.54, 1.807) is 6.07 Å². The summed E-state index contributed by atoms with van der Waals surface area (Å²) in [6.45, 7) is 1.06. The SMILES string of the molecule is CC(=O)OCC(=O)c1ccc(Br)c2ccccc12. The molecule has 92 valence electrons. The molecule has 0 spiro atoms. The molecule has 18 heavy (non-hydrogen) atoms. The summed E-state index contributed by atoms with van der Waals surface area (Å²) in [5, 5.41) is 1.82. The Hall–Kier alpha value is -1.68. The zero-order chi connectivity index (χ0) is 13.1. The first kappa shape index (κ1) is 12.8. The van der Waals surface area contributed by atoms with Gasteiger partial charge in [0.15, 0.2) is 6.61 Å². The van der Waals surface area contributed by atoms with Gasteiger partial charge in [0.05, 0.1) is 0 Å². The van der Waals surface area contributed by atoms with Gasteiger partial charge in [-0.1, -0.05) is 40.2 Å². The molecule has 0 fully saturated rings. The van der Waals surface area contributed by atoms with E-state index in [9.17, 15) is 9.59 Å². The lowest BCUT2D eigenvalue weighted by Gasteiger charge is -2.07. The summed E-state index contributed by atoms with van der Waals surface area (Å²) in [7, 11) is 0. The van der Waals surface area contributed by atoms with E-state index in [2.05, 4.69) is 15.9 Å². The largest absolute Gasteiger partial charge is 0.457 e. The molecule has 4 heteroatoms. The van der Waals surface area contributed by atoms with Crippen LogP contribution < -0.4 is 0 Å². The third-order valence-corrected chi connectivity index (χ3v) is 3.27. The smallest absolute Gasteiger partial charge is 0.303 e. The zero-order valence-electron chi connectivity index (χ0n) is 9.77. The summed E-state index contributed by atoms with van der Waals surface area (Å²) in [4.78, 5) is 22.7. The first-order chi connectivity index (χ1) is 8.59. The predicted octanol–water partition coefficient (Wildman–Crippen LogP) is 3.35. The molecule has 2 aromatic rings. The molecule has 0 N–H and O–H groups in total. The molecule has 0 aliphatic carbocycles. The topological polar surface area (TPSA) is 43.4 Å². The molecule has 0 amide bonds. The van der Waals surface area contributed by atoms with Gasteiger partial charge in [-0.15, -0.1) is 0 Å². The van der Waals surface area contributed by atoms with Crippen molar-refractivity contribution in [3.63, 3.8) is 0 Å². The van der Waals surface area contributed by atoms with E-state index in [1.165, 1.54) is 6.92 Å². The summed E-state index contributed by atoms with van der Waals surface area (Å²) in [5.74, 6) is -0.654. The number of ether oxygens (including phenoxy) is 1. The molecule has 0 aliphatic rings. The van der Waals surface area contributed by atoms with E-state index >= 15 is 0 Å². The standard InChI is InChI=1S/C14H11BrO3/c1-9(16)18-8-14(17)12-6-7-13(15)11-5-3-2-4-10(11)12/h2-7H,8H2,1H3. The molecule has 0 saturated heterocycles. The number of halogens is 1. The molecular weight excluding hydrogens is 296 g/mol. The molecule has 0 unspecified atom stereocenters. The predicted molar refractivity (Wildman–Crippen MR) is 72.6 cm³/mol. The summed E-state index contributed by atoms with van der Waals surface area (Å²) >= 11 is 3.45. The van der Waals surface area contributed by atoms with Crippen molar-refractivity contribution in [1.29, 1.82) is 0 Å². The maximum absolute atomic E-state index is 12.0. The molecule has 0 atom stereocenters. The van der Waals surface area contributed by atoms with E-state index in [0.29, 0.717) is 5.56 Å². The van der Waals surface area contributed by atoms with Crippen LogP contribution in [0.2, 0.25) is 0 Å². The number of ketones is 1. The second-order valence-corrected chi connectivity index (χ2v) is 4.70. The maximum atomic E-state index is 12.0. The fourth-order valence-electron chi connectivity index (χ4n) is 1.75. The molecule has 0 aliphatic heterocycles. The summed E-state index contributed by atoms with van der Waals surface area (Å²) in [5.41, 5.74) is 0.565. The number of carbonyl (C=O) groups excluding carboxylic acids is 2. The average Bonchev–Trinajstić information content (AvgIpc) is 2.37. The van der Waals surface area contributed by atoms with Gasteiger partial charge in [0.1, 0.15) is 0 Å². The molecule has 0 heterocycles. The van der Waals surface area contributed by atoms with Crippen LogP contribution in [0.3, 0.4) is 0 Å². The Balaban J connectivity index is 2.42. The van der Waals surface area contributed by atoms with Gasteiger partial charge < -0.3 is 4.74 Å². The highest BCUT2D eigenvalue weighted by atomic mass is 79.9. The van der Waals surface area contributed by atoms with Crippen LogP contribution in [0.5, 0.6) is 0 Å². The Morgan fingerprint density at radius 1 is 1.11 bits per heavy atom. The lowest BCUT2D eigenvalue weighted by Crippen LogP contribution is -2.12. The van der Waals surface area contributed by atoms with Crippen LogP contribution in [0, 0.1) is 0 Å². The van der Waals surface area contributed by atoms with Crippen molar-refractivity contribution in [2.24, 2.45) is 0 Å². The highest BCUT2D eigenvalue weighted by Gasteiger charge is 2.12. The Morgan fingerprint density at radius 3 is 2.44 bits per heavy atom. The first-order valence-corrected chi connectivity index (χ1v) is 6.22. The van der Waals surface area contributed by atoms with Crippen molar-refractivity contribution in [3.05, 3.63) is 46.4 Å². The van der Waals surface area contributed by atoms with Crippen LogP contribution >= 0.6 is 15.9 Å². The van der Waals surface area contributed by atoms with Gasteiger partial charge in [0.25, 0.3) is 0 Å². The molecule has 2 rings (SSSR count). The number of benzene rings is 2. The van der Waals surface area contributed by atoms with Gasteiger partial charge >= 0.3 is 5.97 Å². The van der Waals surface area contributed by atoms with Crippen molar-refractivity contribution in [1.82, 2.24) is 0 Å². The number of fused-ring (bicyclic) bond motifs is 1. The van der Waals surface area contributed by atoms with E-state index in [1.807, 2.05) is 30.3 Å². The zero-order valence-corrected chi connectivity index (χ0v) is 11.4. The molecule has 0 radical (unpaired) electrons. The van der Waals surface area contributed by atoms with Gasteiger partial charge in [0, 0.05) is 17.0 Å². The van der Waals surface area contributed by atoms with Gasteiger partial charge in [0.2, 0.25) is 5.78 Å². The quantitative estimate of drug-likeness (QED) is 0.645. The molecule has 2 aromatic carbocycles. The summed E-state index contributed by atoms with van der Waals surface area (Å²) < 4.78 is 5.67. The van der Waals surface area contributed by atoms with Crippen molar-refractivity contribution < 1.29 is 14.3 Å². The number of carbonyl (C=O) groups is 2. The number of hydrogen-bond donors (Lipinski definition) is 0. The van der Waals surface area contributed by atoms with Crippen LogP contribution in [0.4, 0.5) is 0 Å². The number of esters is 1. The third kappa shape index (κ3) is 2.59. The highest BCUT2D eigenvalue weighted by Crippen LogP contribution is 2.27. The molecule has 0 aromatic heterocycles. The van der Waals surface area contributed by atoms with Gasteiger partial charge in [-0.3, -0.25) is 9.59 Å². The minimum atomic E-state index is -0.454. The number of rotatable bonds is 3. The second kappa shape index (κ2) is 5.31. The lowest BCUT2D eigenvalue weighted by atomic mass is 10.0. The second-order valence-electron chi connectivity index (χ2n) is 3.84. The van der Waals surface area contributed by atoms with E-state index < -0.39 is 5.97 Å². The fraction of sp³-hybridized carbons (Fsp3) is 0.143. The molecule has 0 bridgehead atoms. The van der Waals surface area contributed by atoms with E-state index in [4.69, 9.17) is 4.74 Å². The van der Waals surface area contributed by atoms with Crippen LogP contribution in [-0.2, 0) is 9.53 Å². The van der Waals surface area contributed by atoms with Gasteiger partial charge in [-0.05, 0) is 22.9 Å². The molecular formula is C14H11BrO3. The number of Topliss-reactive ketones (excluding diaryl/α,β-unsaturated/α-hetero) is 1. The minimum Gasteiger partial charge on any atom is -0.457 e. The third-order valence-electron chi connectivity index (χ3n) is 2.58. The van der Waals surface area contributed by atoms with Crippen LogP contribution in [0.1, 0.15) is 17.3 Å². The van der Waals surface area contributed by atoms with Gasteiger partial charge in [-0.2, -0.15) is 0 Å². The minimum absolute atomic E-state index is 0.200. The molecule has 3 nitrogen and oxygen atoms in total. The summed E-state index contributed by atoms with van der Waals surface area (Å²) in [6.07, 6.45) is 0. The Bertz CT molecular complexity index is 619. The van der Waals surface area contributed by atoms with E-state index in [0.717, 1.165) is 15.2 Å². The number of hydrogen-bond acceptors (Lipinski definition) is 3. The van der Waals surface area contributed by atoms with Crippen molar-refractivity contribution in [2.45, 2.75) is 6.92 Å². The van der Waals surface area contributed by atoms with Crippen LogP contribution in [0.15, 0.2) is 40.9 Å². The Labute approximate surface area is 113 Å². The van der Waals surface area contributed by atoms with Crippen molar-refractivity contribution >= 4 is 38.5 Å². The summed E-state index contributed by atoms with van der Waals surface area (Å²) in [6, 6.07) is 11.1.